The van der Waals surface area contributed by atoms with Gasteiger partial charge in [-0.3, -0.25) is 9.59 Å². The maximum Gasteiger partial charge on any atom is 0.227 e. The van der Waals surface area contributed by atoms with Crippen LogP contribution in [0.15, 0.2) is 0 Å². The number of rotatable bonds is 3. The highest BCUT2D eigenvalue weighted by molar-refractivity contribution is 5.89. The van der Waals surface area contributed by atoms with Crippen molar-refractivity contribution in [3.8, 4) is 0 Å². The minimum atomic E-state index is -0.0933. The molecular weight excluding hydrogens is 266 g/mol. The Hall–Kier alpha value is -1.10. The average molecular weight is 293 g/mol. The van der Waals surface area contributed by atoms with Crippen LogP contribution in [0.3, 0.4) is 0 Å². The van der Waals surface area contributed by atoms with E-state index in [0.29, 0.717) is 25.0 Å². The molecule has 3 fully saturated rings. The van der Waals surface area contributed by atoms with Gasteiger partial charge in [-0.15, -0.1) is 0 Å². The molecule has 0 aromatic rings. The second kappa shape index (κ2) is 6.34. The van der Waals surface area contributed by atoms with E-state index in [4.69, 9.17) is 0 Å². The van der Waals surface area contributed by atoms with Gasteiger partial charge >= 0.3 is 0 Å². The minimum absolute atomic E-state index is 0.0933. The lowest BCUT2D eigenvalue weighted by Gasteiger charge is -2.33. The van der Waals surface area contributed by atoms with Crippen LogP contribution in [-0.2, 0) is 9.59 Å². The van der Waals surface area contributed by atoms with E-state index in [0.717, 1.165) is 38.8 Å². The SMILES string of the molecule is CNC1CCN(C(=O)C2CC(=O)N(C3CCCC3)C2)CC1. The van der Waals surface area contributed by atoms with Crippen LogP contribution in [0.1, 0.15) is 44.9 Å². The van der Waals surface area contributed by atoms with Crippen LogP contribution in [-0.4, -0.2) is 60.4 Å². The summed E-state index contributed by atoms with van der Waals surface area (Å²) in [5, 5.41) is 3.28. The Bertz CT molecular complexity index is 398. The van der Waals surface area contributed by atoms with Crippen molar-refractivity contribution >= 4 is 11.8 Å². The Morgan fingerprint density at radius 2 is 1.81 bits per heavy atom. The van der Waals surface area contributed by atoms with Crippen molar-refractivity contribution in [2.24, 2.45) is 5.92 Å². The third-order valence-electron chi connectivity index (χ3n) is 5.49. The Morgan fingerprint density at radius 1 is 1.14 bits per heavy atom. The van der Waals surface area contributed by atoms with Crippen LogP contribution in [0.4, 0.5) is 0 Å². The van der Waals surface area contributed by atoms with Crippen molar-refractivity contribution in [3.63, 3.8) is 0 Å². The van der Waals surface area contributed by atoms with E-state index in [1.807, 2.05) is 16.8 Å². The molecule has 0 aromatic heterocycles. The van der Waals surface area contributed by atoms with Gasteiger partial charge in [0.2, 0.25) is 11.8 Å². The van der Waals surface area contributed by atoms with E-state index in [2.05, 4.69) is 5.32 Å². The molecule has 2 saturated heterocycles. The topological polar surface area (TPSA) is 52.7 Å². The van der Waals surface area contributed by atoms with Crippen LogP contribution in [0.2, 0.25) is 0 Å². The van der Waals surface area contributed by atoms with Gasteiger partial charge in [-0.1, -0.05) is 12.8 Å². The number of hydrogen-bond acceptors (Lipinski definition) is 3. The zero-order valence-corrected chi connectivity index (χ0v) is 13.0. The van der Waals surface area contributed by atoms with Crippen molar-refractivity contribution in [2.45, 2.75) is 57.0 Å². The first-order chi connectivity index (χ1) is 10.2. The van der Waals surface area contributed by atoms with Gasteiger partial charge in [0.05, 0.1) is 5.92 Å². The first kappa shape index (κ1) is 14.8. The van der Waals surface area contributed by atoms with Crippen molar-refractivity contribution in [3.05, 3.63) is 0 Å². The largest absolute Gasteiger partial charge is 0.342 e. The van der Waals surface area contributed by atoms with Crippen LogP contribution >= 0.6 is 0 Å². The molecule has 1 unspecified atom stereocenters. The fourth-order valence-corrected chi connectivity index (χ4v) is 4.11. The first-order valence-electron chi connectivity index (χ1n) is 8.44. The predicted octanol–water partition coefficient (Wildman–Crippen LogP) is 0.988. The molecular formula is C16H27N3O2. The molecule has 1 aliphatic carbocycles. The van der Waals surface area contributed by atoms with Crippen molar-refractivity contribution < 1.29 is 9.59 Å². The third-order valence-corrected chi connectivity index (χ3v) is 5.49. The highest BCUT2D eigenvalue weighted by Crippen LogP contribution is 2.30. The summed E-state index contributed by atoms with van der Waals surface area (Å²) in [6.07, 6.45) is 7.18. The molecule has 0 radical (unpaired) electrons. The maximum atomic E-state index is 12.6. The standard InChI is InChI=1S/C16H27N3O2/c1-17-13-6-8-18(9-7-13)16(21)12-10-15(20)19(11-12)14-4-2-3-5-14/h12-14,17H,2-11H2,1H3. The van der Waals surface area contributed by atoms with Gasteiger partial charge in [0, 0.05) is 38.1 Å². The van der Waals surface area contributed by atoms with Crippen molar-refractivity contribution in [2.75, 3.05) is 26.7 Å². The molecule has 0 aromatic carbocycles. The van der Waals surface area contributed by atoms with Crippen LogP contribution < -0.4 is 5.32 Å². The van der Waals surface area contributed by atoms with Gasteiger partial charge in [0.15, 0.2) is 0 Å². The average Bonchev–Trinajstić information content (AvgIpc) is 3.15. The van der Waals surface area contributed by atoms with E-state index in [1.54, 1.807) is 0 Å². The van der Waals surface area contributed by atoms with Gasteiger partial charge in [-0.2, -0.15) is 0 Å². The summed E-state index contributed by atoms with van der Waals surface area (Å²) in [6, 6.07) is 0.944. The minimum Gasteiger partial charge on any atom is -0.342 e. The second-order valence-corrected chi connectivity index (χ2v) is 6.77. The Morgan fingerprint density at radius 3 is 2.43 bits per heavy atom. The van der Waals surface area contributed by atoms with Crippen LogP contribution in [0.5, 0.6) is 0 Å². The normalized spacial score (nSPS) is 28.6. The number of amides is 2. The summed E-state index contributed by atoms with van der Waals surface area (Å²) < 4.78 is 0. The summed E-state index contributed by atoms with van der Waals surface area (Å²) in [5.41, 5.74) is 0. The lowest BCUT2D eigenvalue weighted by molar-refractivity contribution is -0.136. The molecule has 21 heavy (non-hydrogen) atoms. The lowest BCUT2D eigenvalue weighted by Crippen LogP contribution is -2.46. The predicted molar refractivity (Wildman–Crippen MR) is 80.7 cm³/mol. The van der Waals surface area contributed by atoms with E-state index in [1.165, 1.54) is 12.8 Å². The summed E-state index contributed by atoms with van der Waals surface area (Å²) in [5.74, 6) is 0.313. The number of carbonyl (C=O) groups excluding carboxylic acids is 2. The van der Waals surface area contributed by atoms with Crippen molar-refractivity contribution in [1.82, 2.24) is 15.1 Å². The second-order valence-electron chi connectivity index (χ2n) is 6.77. The molecule has 5 heteroatoms. The molecule has 3 rings (SSSR count). The van der Waals surface area contributed by atoms with Gasteiger partial charge in [-0.05, 0) is 32.7 Å². The Balaban J connectivity index is 1.55. The fourth-order valence-electron chi connectivity index (χ4n) is 4.11. The van der Waals surface area contributed by atoms with E-state index >= 15 is 0 Å². The lowest BCUT2D eigenvalue weighted by atomic mass is 10.0. The molecule has 1 atom stereocenters. The molecule has 1 N–H and O–H groups in total. The highest BCUT2D eigenvalue weighted by Gasteiger charge is 2.40. The summed E-state index contributed by atoms with van der Waals surface area (Å²) >= 11 is 0. The summed E-state index contributed by atoms with van der Waals surface area (Å²) in [6.45, 7) is 2.32. The molecule has 0 bridgehead atoms. The molecule has 3 aliphatic rings. The van der Waals surface area contributed by atoms with E-state index in [9.17, 15) is 9.59 Å². The maximum absolute atomic E-state index is 12.6. The Kier molecular flexibility index (Phi) is 4.48. The fraction of sp³-hybridized carbons (Fsp3) is 0.875. The first-order valence-corrected chi connectivity index (χ1v) is 8.44. The van der Waals surface area contributed by atoms with Gasteiger partial charge in [-0.25, -0.2) is 0 Å². The summed E-state index contributed by atoms with van der Waals surface area (Å²) in [7, 11) is 1.98. The summed E-state index contributed by atoms with van der Waals surface area (Å²) in [4.78, 5) is 28.8. The van der Waals surface area contributed by atoms with Crippen LogP contribution in [0, 0.1) is 5.92 Å². The number of carbonyl (C=O) groups is 2. The third kappa shape index (κ3) is 3.07. The molecule has 118 valence electrons. The molecule has 2 amide bonds. The van der Waals surface area contributed by atoms with Crippen molar-refractivity contribution in [1.29, 1.82) is 0 Å². The van der Waals surface area contributed by atoms with E-state index < -0.39 is 0 Å². The number of nitrogens with one attached hydrogen (secondary N) is 1. The molecule has 2 heterocycles. The van der Waals surface area contributed by atoms with Gasteiger partial charge in [0.25, 0.3) is 0 Å². The number of hydrogen-bond donors (Lipinski definition) is 1. The molecule has 1 saturated carbocycles. The Labute approximate surface area is 127 Å². The monoisotopic (exact) mass is 293 g/mol. The number of nitrogens with zero attached hydrogens (tertiary/aromatic N) is 2. The smallest absolute Gasteiger partial charge is 0.227 e. The highest BCUT2D eigenvalue weighted by atomic mass is 16.2. The van der Waals surface area contributed by atoms with Gasteiger partial charge in [0.1, 0.15) is 0 Å². The van der Waals surface area contributed by atoms with Gasteiger partial charge < -0.3 is 15.1 Å². The van der Waals surface area contributed by atoms with Crippen LogP contribution in [0.25, 0.3) is 0 Å². The molecule has 2 aliphatic heterocycles. The number of likely N-dealkylation sites (tertiary alicyclic amines) is 2. The van der Waals surface area contributed by atoms with E-state index in [-0.39, 0.29) is 17.7 Å². The molecule has 0 spiro atoms. The number of piperidine rings is 1. The zero-order valence-electron chi connectivity index (χ0n) is 13.0. The molecule has 5 nitrogen and oxygen atoms in total. The zero-order chi connectivity index (χ0) is 14.8. The quantitative estimate of drug-likeness (QED) is 0.844.